The van der Waals surface area contributed by atoms with Crippen LogP contribution in [0.5, 0.6) is 6.01 Å². The number of aromatic nitrogens is 2. The highest BCUT2D eigenvalue weighted by Gasteiger charge is 2.28. The van der Waals surface area contributed by atoms with Crippen molar-refractivity contribution in [2.24, 2.45) is 5.92 Å². The maximum Gasteiger partial charge on any atom is 0.339 e. The normalized spacial score (nSPS) is 12.2. The van der Waals surface area contributed by atoms with Gasteiger partial charge in [0, 0.05) is 19.5 Å². The SMILES string of the molecule is CCOc1nc(CC)c(CN(C)C(=O)[C@H](CC(C)C)SC(C)=O)n1Cc1ccc(-c2ccccc2C(=O)OC(C)(C)C)cc1F. The fourth-order valence-electron chi connectivity index (χ4n) is 5.01. The van der Waals surface area contributed by atoms with E-state index in [1.807, 2.05) is 32.3 Å². The van der Waals surface area contributed by atoms with E-state index in [0.29, 0.717) is 47.7 Å². The lowest BCUT2D eigenvalue weighted by molar-refractivity contribution is -0.130. The molecule has 0 N–H and O–H groups in total. The number of carbonyl (C=O) groups is 3. The minimum Gasteiger partial charge on any atom is -0.465 e. The van der Waals surface area contributed by atoms with Gasteiger partial charge in [0.2, 0.25) is 5.91 Å². The molecular weight excluding hydrogens is 593 g/mol. The zero-order chi connectivity index (χ0) is 33.5. The van der Waals surface area contributed by atoms with E-state index in [4.69, 9.17) is 14.5 Å². The van der Waals surface area contributed by atoms with E-state index >= 15 is 4.39 Å². The molecule has 0 aliphatic rings. The third kappa shape index (κ3) is 9.66. The van der Waals surface area contributed by atoms with Crippen molar-refractivity contribution in [3.05, 3.63) is 70.8 Å². The Morgan fingerprint density at radius 3 is 2.36 bits per heavy atom. The molecule has 3 aromatic rings. The summed E-state index contributed by atoms with van der Waals surface area (Å²) in [6.07, 6.45) is 1.16. The molecule has 1 heterocycles. The summed E-state index contributed by atoms with van der Waals surface area (Å²) in [5.74, 6) is -0.834. The van der Waals surface area contributed by atoms with Crippen molar-refractivity contribution in [2.75, 3.05) is 13.7 Å². The van der Waals surface area contributed by atoms with Crippen LogP contribution in [0.4, 0.5) is 4.39 Å². The van der Waals surface area contributed by atoms with Gasteiger partial charge in [0.05, 0.1) is 41.9 Å². The Balaban J connectivity index is 1.97. The van der Waals surface area contributed by atoms with Gasteiger partial charge in [0.15, 0.2) is 5.12 Å². The number of hydrogen-bond acceptors (Lipinski definition) is 7. The number of rotatable bonds is 13. The summed E-state index contributed by atoms with van der Waals surface area (Å²) >= 11 is 1.06. The second-order valence-electron chi connectivity index (χ2n) is 12.4. The summed E-state index contributed by atoms with van der Waals surface area (Å²) in [6.45, 7) is 15.5. The predicted octanol–water partition coefficient (Wildman–Crippen LogP) is 7.31. The van der Waals surface area contributed by atoms with Crippen molar-refractivity contribution in [1.29, 1.82) is 0 Å². The molecule has 0 aliphatic heterocycles. The van der Waals surface area contributed by atoms with Crippen molar-refractivity contribution >= 4 is 28.8 Å². The zero-order valence-corrected chi connectivity index (χ0v) is 28.7. The third-order valence-electron chi connectivity index (χ3n) is 7.00. The first-order chi connectivity index (χ1) is 21.1. The van der Waals surface area contributed by atoms with E-state index in [9.17, 15) is 14.4 Å². The van der Waals surface area contributed by atoms with E-state index in [1.165, 1.54) is 13.0 Å². The monoisotopic (exact) mass is 639 g/mol. The Hall–Kier alpha value is -3.66. The standard InChI is InChI=1S/C35H46FN3O5S/c1-10-29-30(21-38(9)32(41)31(18-22(3)4)45-23(5)40)39(34(37-29)43-11-2)20-25-17-16-24(19-28(25)36)26-14-12-13-15-27(26)33(42)44-35(6,7)8/h12-17,19,22,31H,10-11,18,20-21H2,1-9H3/t31-/m0/s1. The van der Waals surface area contributed by atoms with Gasteiger partial charge in [-0.2, -0.15) is 4.98 Å². The molecule has 1 amide bonds. The molecule has 0 fully saturated rings. The number of hydrogen-bond donors (Lipinski definition) is 0. The molecule has 0 aliphatic carbocycles. The Bertz CT molecular complexity index is 1510. The molecule has 0 spiro atoms. The summed E-state index contributed by atoms with van der Waals surface area (Å²) in [4.78, 5) is 44.6. The molecule has 10 heteroatoms. The van der Waals surface area contributed by atoms with Gasteiger partial charge < -0.3 is 14.4 Å². The van der Waals surface area contributed by atoms with Gasteiger partial charge in [-0.1, -0.05) is 62.9 Å². The maximum atomic E-state index is 15.8. The van der Waals surface area contributed by atoms with E-state index in [-0.39, 0.29) is 30.0 Å². The van der Waals surface area contributed by atoms with Crippen LogP contribution < -0.4 is 4.74 Å². The van der Waals surface area contributed by atoms with Crippen LogP contribution in [-0.2, 0) is 33.8 Å². The highest BCUT2D eigenvalue weighted by atomic mass is 32.2. The molecule has 1 aromatic heterocycles. The molecule has 0 unspecified atom stereocenters. The Labute approximate surface area is 270 Å². The van der Waals surface area contributed by atoms with Crippen LogP contribution >= 0.6 is 11.8 Å². The number of esters is 1. The number of ether oxygens (including phenoxy) is 2. The molecule has 3 rings (SSSR count). The first-order valence-electron chi connectivity index (χ1n) is 15.4. The molecule has 0 radical (unpaired) electrons. The first kappa shape index (κ1) is 35.8. The number of nitrogens with zero attached hydrogens (tertiary/aromatic N) is 3. The molecule has 8 nitrogen and oxygen atoms in total. The number of amides is 1. The van der Waals surface area contributed by atoms with Crippen molar-refractivity contribution in [3.8, 4) is 17.1 Å². The van der Waals surface area contributed by atoms with Gasteiger partial charge in [-0.05, 0) is 69.7 Å². The van der Waals surface area contributed by atoms with Gasteiger partial charge in [-0.3, -0.25) is 14.2 Å². The van der Waals surface area contributed by atoms with Crippen molar-refractivity contribution in [1.82, 2.24) is 14.5 Å². The number of imidazole rings is 1. The highest BCUT2D eigenvalue weighted by Crippen LogP contribution is 2.30. The fraction of sp³-hybridized carbons (Fsp3) is 0.486. The van der Waals surface area contributed by atoms with Gasteiger partial charge in [-0.15, -0.1) is 0 Å². The van der Waals surface area contributed by atoms with E-state index < -0.39 is 22.6 Å². The quantitative estimate of drug-likeness (QED) is 0.181. The van der Waals surface area contributed by atoms with Gasteiger partial charge >= 0.3 is 5.97 Å². The molecule has 45 heavy (non-hydrogen) atoms. The molecule has 1 atom stereocenters. The summed E-state index contributed by atoms with van der Waals surface area (Å²) in [7, 11) is 1.71. The number of carbonyl (C=O) groups excluding carboxylic acids is 3. The molecular formula is C35H46FN3O5S. The summed E-state index contributed by atoms with van der Waals surface area (Å²) < 4.78 is 29.1. The summed E-state index contributed by atoms with van der Waals surface area (Å²) in [6, 6.07) is 12.2. The lowest BCUT2D eigenvalue weighted by Gasteiger charge is -2.25. The summed E-state index contributed by atoms with van der Waals surface area (Å²) in [5, 5.41) is -0.596. The van der Waals surface area contributed by atoms with E-state index in [2.05, 4.69) is 0 Å². The fourth-order valence-corrected chi connectivity index (χ4v) is 6.17. The van der Waals surface area contributed by atoms with Crippen LogP contribution in [0.15, 0.2) is 42.5 Å². The predicted molar refractivity (Wildman–Crippen MR) is 177 cm³/mol. The van der Waals surface area contributed by atoms with Crippen molar-refractivity contribution in [2.45, 2.75) is 92.2 Å². The lowest BCUT2D eigenvalue weighted by atomic mass is 9.98. The molecule has 0 bridgehead atoms. The third-order valence-corrected chi connectivity index (χ3v) is 8.01. The van der Waals surface area contributed by atoms with Crippen molar-refractivity contribution in [3.63, 3.8) is 0 Å². The number of benzene rings is 2. The summed E-state index contributed by atoms with van der Waals surface area (Å²) in [5.41, 5.74) is 2.70. The highest BCUT2D eigenvalue weighted by molar-refractivity contribution is 8.14. The lowest BCUT2D eigenvalue weighted by Crippen LogP contribution is -2.36. The van der Waals surface area contributed by atoms with Crippen LogP contribution in [0.25, 0.3) is 11.1 Å². The minimum atomic E-state index is -0.669. The molecule has 0 saturated carbocycles. The van der Waals surface area contributed by atoms with Crippen LogP contribution in [0.3, 0.4) is 0 Å². The molecule has 2 aromatic carbocycles. The average molecular weight is 640 g/mol. The van der Waals surface area contributed by atoms with Gasteiger partial charge in [-0.25, -0.2) is 9.18 Å². The van der Waals surface area contributed by atoms with Crippen molar-refractivity contribution < 1.29 is 28.2 Å². The van der Waals surface area contributed by atoms with E-state index in [1.54, 1.807) is 69.1 Å². The van der Waals surface area contributed by atoms with Gasteiger partial charge in [0.1, 0.15) is 11.4 Å². The Kier molecular flexibility index (Phi) is 12.4. The average Bonchev–Trinajstić information content (AvgIpc) is 3.27. The number of halogens is 1. The molecule has 244 valence electrons. The van der Waals surface area contributed by atoms with Gasteiger partial charge in [0.25, 0.3) is 6.01 Å². The second-order valence-corrected chi connectivity index (χ2v) is 13.8. The maximum absolute atomic E-state index is 15.8. The van der Waals surface area contributed by atoms with Crippen LogP contribution in [-0.4, -0.2) is 55.9 Å². The van der Waals surface area contributed by atoms with E-state index in [0.717, 1.165) is 23.1 Å². The first-order valence-corrected chi connectivity index (χ1v) is 16.3. The minimum absolute atomic E-state index is 0.104. The molecule has 0 saturated heterocycles. The topological polar surface area (TPSA) is 90.7 Å². The van der Waals surface area contributed by atoms with Crippen LogP contribution in [0, 0.1) is 11.7 Å². The zero-order valence-electron chi connectivity index (χ0n) is 27.9. The van der Waals surface area contributed by atoms with Crippen LogP contribution in [0.2, 0.25) is 0 Å². The number of thioether (sulfide) groups is 1. The van der Waals surface area contributed by atoms with Crippen LogP contribution in [0.1, 0.15) is 89.1 Å². The smallest absolute Gasteiger partial charge is 0.339 e. The largest absolute Gasteiger partial charge is 0.465 e. The second kappa shape index (κ2) is 15.6. The number of aryl methyl sites for hydroxylation is 1. The Morgan fingerprint density at radius 2 is 1.78 bits per heavy atom. The Morgan fingerprint density at radius 1 is 1.09 bits per heavy atom.